The molecule has 3 rings (SSSR count). The molecule has 126 valence electrons. The number of benzene rings is 1. The van der Waals surface area contributed by atoms with Crippen molar-refractivity contribution in [1.29, 1.82) is 0 Å². The van der Waals surface area contributed by atoms with E-state index in [4.69, 9.17) is 10.5 Å². The number of carbonyl (C=O) groups excluding carboxylic acids is 1. The molecule has 1 aromatic rings. The SMILES string of the molecule is NC[C@H]1CC[C@@H](C(=O)NCC(c2ccccc2)N2CCCC2)O1. The summed E-state index contributed by atoms with van der Waals surface area (Å²) in [6.07, 6.45) is 3.83. The molecule has 3 N–H and O–H groups in total. The number of rotatable bonds is 6. The molecule has 0 spiro atoms. The summed E-state index contributed by atoms with van der Waals surface area (Å²) in [6, 6.07) is 10.7. The summed E-state index contributed by atoms with van der Waals surface area (Å²) in [4.78, 5) is 14.8. The Morgan fingerprint density at radius 2 is 2.00 bits per heavy atom. The van der Waals surface area contributed by atoms with Crippen LogP contribution < -0.4 is 11.1 Å². The average Bonchev–Trinajstić information content (AvgIpc) is 3.27. The highest BCUT2D eigenvalue weighted by molar-refractivity contribution is 5.81. The van der Waals surface area contributed by atoms with Crippen molar-refractivity contribution in [1.82, 2.24) is 10.2 Å². The van der Waals surface area contributed by atoms with Crippen LogP contribution in [0.4, 0.5) is 0 Å². The quantitative estimate of drug-likeness (QED) is 0.833. The molecule has 3 atom stereocenters. The molecular formula is C18H27N3O2. The largest absolute Gasteiger partial charge is 0.364 e. The molecule has 1 unspecified atom stereocenters. The zero-order chi connectivity index (χ0) is 16.1. The predicted molar refractivity (Wildman–Crippen MR) is 89.9 cm³/mol. The number of likely N-dealkylation sites (tertiary alicyclic amines) is 1. The van der Waals surface area contributed by atoms with E-state index in [1.807, 2.05) is 6.07 Å². The lowest BCUT2D eigenvalue weighted by Gasteiger charge is -2.28. The minimum atomic E-state index is -0.335. The van der Waals surface area contributed by atoms with Crippen molar-refractivity contribution in [2.75, 3.05) is 26.2 Å². The van der Waals surface area contributed by atoms with Gasteiger partial charge in [0, 0.05) is 13.1 Å². The molecule has 5 heteroatoms. The standard InChI is InChI=1S/C18H27N3O2/c19-12-15-8-9-17(23-15)18(22)20-13-16(21-10-4-5-11-21)14-6-2-1-3-7-14/h1-3,6-7,15-17H,4-5,8-13,19H2,(H,20,22)/t15-,16?,17+/m1/s1. The lowest BCUT2D eigenvalue weighted by atomic mass is 10.1. The molecule has 2 aliphatic heterocycles. The van der Waals surface area contributed by atoms with Gasteiger partial charge in [-0.15, -0.1) is 0 Å². The number of nitrogens with two attached hydrogens (primary N) is 1. The molecule has 2 aliphatic rings. The first-order valence-corrected chi connectivity index (χ1v) is 8.70. The van der Waals surface area contributed by atoms with Crippen LogP contribution in [0.15, 0.2) is 30.3 Å². The zero-order valence-electron chi connectivity index (χ0n) is 13.6. The van der Waals surface area contributed by atoms with Crippen LogP contribution in [0.25, 0.3) is 0 Å². The van der Waals surface area contributed by atoms with Crippen molar-refractivity contribution in [2.24, 2.45) is 5.73 Å². The Bertz CT molecular complexity index is 502. The molecule has 0 aromatic heterocycles. The monoisotopic (exact) mass is 317 g/mol. The number of nitrogens with zero attached hydrogens (tertiary/aromatic N) is 1. The Morgan fingerprint density at radius 3 is 2.65 bits per heavy atom. The molecule has 2 fully saturated rings. The molecule has 5 nitrogen and oxygen atoms in total. The maximum Gasteiger partial charge on any atom is 0.249 e. The molecule has 2 saturated heterocycles. The highest BCUT2D eigenvalue weighted by atomic mass is 16.5. The van der Waals surface area contributed by atoms with Crippen molar-refractivity contribution in [3.05, 3.63) is 35.9 Å². The van der Waals surface area contributed by atoms with Crippen molar-refractivity contribution in [2.45, 2.75) is 43.9 Å². The fourth-order valence-corrected chi connectivity index (χ4v) is 3.57. The smallest absolute Gasteiger partial charge is 0.249 e. The summed E-state index contributed by atoms with van der Waals surface area (Å²) in [5, 5.41) is 3.10. The topological polar surface area (TPSA) is 67.6 Å². The van der Waals surface area contributed by atoms with Crippen LogP contribution in [-0.4, -0.2) is 49.2 Å². The Hall–Kier alpha value is -1.43. The van der Waals surface area contributed by atoms with Gasteiger partial charge in [0.2, 0.25) is 5.91 Å². The van der Waals surface area contributed by atoms with E-state index in [1.165, 1.54) is 18.4 Å². The second-order valence-corrected chi connectivity index (χ2v) is 6.47. The minimum Gasteiger partial charge on any atom is -0.364 e. The fraction of sp³-hybridized carbons (Fsp3) is 0.611. The lowest BCUT2D eigenvalue weighted by Crippen LogP contribution is -2.41. The molecule has 0 radical (unpaired) electrons. The van der Waals surface area contributed by atoms with Crippen molar-refractivity contribution >= 4 is 5.91 Å². The maximum atomic E-state index is 12.4. The van der Waals surface area contributed by atoms with E-state index in [0.717, 1.165) is 25.9 Å². The second kappa shape index (κ2) is 7.90. The van der Waals surface area contributed by atoms with Gasteiger partial charge in [-0.05, 0) is 44.3 Å². The van der Waals surface area contributed by atoms with Crippen LogP contribution in [0.5, 0.6) is 0 Å². The van der Waals surface area contributed by atoms with E-state index in [9.17, 15) is 4.79 Å². The third-order valence-electron chi connectivity index (χ3n) is 4.90. The summed E-state index contributed by atoms with van der Waals surface area (Å²) >= 11 is 0. The van der Waals surface area contributed by atoms with Crippen molar-refractivity contribution in [3.63, 3.8) is 0 Å². The van der Waals surface area contributed by atoms with Crippen LogP contribution in [0.3, 0.4) is 0 Å². The highest BCUT2D eigenvalue weighted by Gasteiger charge is 2.31. The van der Waals surface area contributed by atoms with Crippen LogP contribution in [0.2, 0.25) is 0 Å². The van der Waals surface area contributed by atoms with Crippen LogP contribution in [0.1, 0.15) is 37.3 Å². The van der Waals surface area contributed by atoms with Gasteiger partial charge in [0.05, 0.1) is 12.1 Å². The van der Waals surface area contributed by atoms with E-state index in [1.54, 1.807) is 0 Å². The minimum absolute atomic E-state index is 0.000998. The molecule has 0 aliphatic carbocycles. The Kier molecular flexibility index (Phi) is 5.65. The number of ether oxygens (including phenoxy) is 1. The van der Waals surface area contributed by atoms with Gasteiger partial charge in [0.1, 0.15) is 6.10 Å². The summed E-state index contributed by atoms with van der Waals surface area (Å²) in [6.45, 7) is 3.33. The van der Waals surface area contributed by atoms with Gasteiger partial charge in [-0.2, -0.15) is 0 Å². The molecule has 0 bridgehead atoms. The third-order valence-corrected chi connectivity index (χ3v) is 4.90. The molecule has 0 saturated carbocycles. The van der Waals surface area contributed by atoms with Gasteiger partial charge in [-0.1, -0.05) is 30.3 Å². The van der Waals surface area contributed by atoms with Gasteiger partial charge < -0.3 is 15.8 Å². The highest BCUT2D eigenvalue weighted by Crippen LogP contribution is 2.25. The molecule has 1 aromatic carbocycles. The Balaban J connectivity index is 1.59. The fourth-order valence-electron chi connectivity index (χ4n) is 3.57. The van der Waals surface area contributed by atoms with Crippen LogP contribution >= 0.6 is 0 Å². The first-order valence-electron chi connectivity index (χ1n) is 8.70. The number of amides is 1. The van der Waals surface area contributed by atoms with Gasteiger partial charge in [-0.25, -0.2) is 0 Å². The zero-order valence-corrected chi connectivity index (χ0v) is 13.6. The maximum absolute atomic E-state index is 12.4. The molecule has 23 heavy (non-hydrogen) atoms. The number of carbonyl (C=O) groups is 1. The van der Waals surface area contributed by atoms with Crippen LogP contribution in [-0.2, 0) is 9.53 Å². The van der Waals surface area contributed by atoms with Crippen molar-refractivity contribution < 1.29 is 9.53 Å². The Morgan fingerprint density at radius 1 is 1.26 bits per heavy atom. The summed E-state index contributed by atoms with van der Waals surface area (Å²) in [5.74, 6) is 0.000998. The Labute approximate surface area is 138 Å². The summed E-state index contributed by atoms with van der Waals surface area (Å²) in [7, 11) is 0. The first-order chi connectivity index (χ1) is 11.3. The molecule has 1 amide bonds. The predicted octanol–water partition coefficient (Wildman–Crippen LogP) is 1.45. The van der Waals surface area contributed by atoms with Crippen LogP contribution in [0, 0.1) is 0 Å². The van der Waals surface area contributed by atoms with Gasteiger partial charge >= 0.3 is 0 Å². The van der Waals surface area contributed by atoms with E-state index in [2.05, 4.69) is 34.5 Å². The average molecular weight is 317 g/mol. The second-order valence-electron chi connectivity index (χ2n) is 6.47. The number of nitrogens with one attached hydrogen (secondary N) is 1. The summed E-state index contributed by atoms with van der Waals surface area (Å²) < 4.78 is 5.69. The van der Waals surface area contributed by atoms with Gasteiger partial charge in [-0.3, -0.25) is 9.69 Å². The van der Waals surface area contributed by atoms with Gasteiger partial charge in [0.25, 0.3) is 0 Å². The third kappa shape index (κ3) is 4.10. The van der Waals surface area contributed by atoms with Gasteiger partial charge in [0.15, 0.2) is 0 Å². The van der Waals surface area contributed by atoms with E-state index >= 15 is 0 Å². The van der Waals surface area contributed by atoms with Crippen molar-refractivity contribution in [3.8, 4) is 0 Å². The summed E-state index contributed by atoms with van der Waals surface area (Å²) in [5.41, 5.74) is 6.88. The van der Waals surface area contributed by atoms with E-state index in [0.29, 0.717) is 13.1 Å². The molecule has 2 heterocycles. The lowest BCUT2D eigenvalue weighted by molar-refractivity contribution is -0.132. The number of hydrogen-bond acceptors (Lipinski definition) is 4. The van der Waals surface area contributed by atoms with E-state index < -0.39 is 0 Å². The van der Waals surface area contributed by atoms with E-state index in [-0.39, 0.29) is 24.2 Å². The normalized spacial score (nSPS) is 26.3. The molecular weight excluding hydrogens is 290 g/mol. The number of hydrogen-bond donors (Lipinski definition) is 2. The first kappa shape index (κ1) is 16.4.